The summed E-state index contributed by atoms with van der Waals surface area (Å²) >= 11 is 0. The molecule has 2 N–H and O–H groups in total. The third-order valence-electron chi connectivity index (χ3n) is 4.37. The standard InChI is InChI=1S/C15H18N4O3S/c20-23(21,13-6-4-12(5-7-13)22-11-2-3-11)19-15(8-1-9-15)14-16-10-17-18-14/h4-7,10-11,19H,1-3,8-9H2,(H,16,17,18). The second-order valence-electron chi connectivity index (χ2n) is 6.16. The topological polar surface area (TPSA) is 97.0 Å². The summed E-state index contributed by atoms with van der Waals surface area (Å²) in [5.74, 6) is 1.28. The van der Waals surface area contributed by atoms with Crippen LogP contribution in [0.3, 0.4) is 0 Å². The number of nitrogens with one attached hydrogen (secondary N) is 2. The summed E-state index contributed by atoms with van der Waals surface area (Å²) < 4.78 is 33.8. The molecule has 1 heterocycles. The molecule has 0 bridgehead atoms. The molecule has 8 heteroatoms. The Balaban J connectivity index is 1.55. The Labute approximate surface area is 134 Å². The molecule has 0 saturated heterocycles. The van der Waals surface area contributed by atoms with Crippen molar-refractivity contribution in [3.8, 4) is 5.75 Å². The summed E-state index contributed by atoms with van der Waals surface area (Å²) in [4.78, 5) is 4.36. The molecular weight excluding hydrogens is 316 g/mol. The van der Waals surface area contributed by atoms with Gasteiger partial charge < -0.3 is 4.74 Å². The third-order valence-corrected chi connectivity index (χ3v) is 5.92. The SMILES string of the molecule is O=S(=O)(NC1(c2ncn[nH]2)CCC1)c1ccc(OC2CC2)cc1. The normalized spacial score (nSPS) is 20.0. The van der Waals surface area contributed by atoms with Gasteiger partial charge in [0.2, 0.25) is 10.0 Å². The average Bonchev–Trinajstić information content (AvgIpc) is 3.14. The van der Waals surface area contributed by atoms with Gasteiger partial charge in [-0.1, -0.05) is 0 Å². The molecule has 2 fully saturated rings. The summed E-state index contributed by atoms with van der Waals surface area (Å²) in [7, 11) is -3.63. The maximum Gasteiger partial charge on any atom is 0.241 e. The quantitative estimate of drug-likeness (QED) is 0.838. The highest BCUT2D eigenvalue weighted by atomic mass is 32.2. The molecule has 2 aliphatic rings. The van der Waals surface area contributed by atoms with Crippen molar-refractivity contribution in [3.05, 3.63) is 36.4 Å². The largest absolute Gasteiger partial charge is 0.490 e. The Hall–Kier alpha value is -1.93. The molecule has 0 radical (unpaired) electrons. The first kappa shape index (κ1) is 14.6. The van der Waals surface area contributed by atoms with E-state index in [0.717, 1.165) is 19.3 Å². The van der Waals surface area contributed by atoms with Crippen molar-refractivity contribution in [1.82, 2.24) is 19.9 Å². The molecule has 1 aromatic carbocycles. The van der Waals surface area contributed by atoms with E-state index in [0.29, 0.717) is 30.5 Å². The lowest BCUT2D eigenvalue weighted by atomic mass is 9.77. The van der Waals surface area contributed by atoms with E-state index in [-0.39, 0.29) is 4.90 Å². The first-order chi connectivity index (χ1) is 11.1. The van der Waals surface area contributed by atoms with E-state index in [1.165, 1.54) is 6.33 Å². The van der Waals surface area contributed by atoms with Crippen molar-refractivity contribution >= 4 is 10.0 Å². The van der Waals surface area contributed by atoms with Crippen LogP contribution in [0.1, 0.15) is 37.9 Å². The summed E-state index contributed by atoms with van der Waals surface area (Å²) in [5, 5.41) is 6.61. The second-order valence-corrected chi connectivity index (χ2v) is 7.85. The molecule has 2 aromatic rings. The van der Waals surface area contributed by atoms with Crippen LogP contribution in [0.15, 0.2) is 35.5 Å². The lowest BCUT2D eigenvalue weighted by molar-refractivity contribution is 0.211. The van der Waals surface area contributed by atoms with Crippen molar-refractivity contribution in [2.24, 2.45) is 0 Å². The molecular formula is C15H18N4O3S. The van der Waals surface area contributed by atoms with Crippen molar-refractivity contribution in [2.75, 3.05) is 0 Å². The van der Waals surface area contributed by atoms with Crippen LogP contribution >= 0.6 is 0 Å². The maximum absolute atomic E-state index is 12.7. The predicted molar refractivity (Wildman–Crippen MR) is 82.3 cm³/mol. The number of hydrogen-bond donors (Lipinski definition) is 2. The molecule has 23 heavy (non-hydrogen) atoms. The fourth-order valence-electron chi connectivity index (χ4n) is 2.75. The third kappa shape index (κ3) is 2.84. The fraction of sp³-hybridized carbons (Fsp3) is 0.467. The van der Waals surface area contributed by atoms with Crippen LogP contribution in [0.2, 0.25) is 0 Å². The minimum atomic E-state index is -3.63. The molecule has 0 unspecified atom stereocenters. The number of nitrogens with zero attached hydrogens (tertiary/aromatic N) is 2. The van der Waals surface area contributed by atoms with Crippen molar-refractivity contribution in [1.29, 1.82) is 0 Å². The zero-order chi connectivity index (χ0) is 15.9. The summed E-state index contributed by atoms with van der Waals surface area (Å²) in [6.45, 7) is 0. The van der Waals surface area contributed by atoms with Crippen LogP contribution in [-0.4, -0.2) is 29.7 Å². The Kier molecular flexibility index (Phi) is 3.38. The van der Waals surface area contributed by atoms with Crippen LogP contribution < -0.4 is 9.46 Å². The number of H-pyrrole nitrogens is 1. The zero-order valence-electron chi connectivity index (χ0n) is 12.5. The Morgan fingerprint density at radius 1 is 1.22 bits per heavy atom. The van der Waals surface area contributed by atoms with Crippen molar-refractivity contribution in [3.63, 3.8) is 0 Å². The average molecular weight is 334 g/mol. The monoisotopic (exact) mass is 334 g/mol. The van der Waals surface area contributed by atoms with Crippen LogP contribution in [0.4, 0.5) is 0 Å². The first-order valence-corrected chi connectivity index (χ1v) is 9.22. The minimum absolute atomic E-state index is 0.228. The van der Waals surface area contributed by atoms with E-state index in [4.69, 9.17) is 4.74 Å². The number of sulfonamides is 1. The van der Waals surface area contributed by atoms with Gasteiger partial charge in [0, 0.05) is 0 Å². The number of rotatable bonds is 6. The van der Waals surface area contributed by atoms with Crippen LogP contribution in [-0.2, 0) is 15.6 Å². The van der Waals surface area contributed by atoms with Crippen LogP contribution in [0.25, 0.3) is 0 Å². The van der Waals surface area contributed by atoms with Crippen LogP contribution in [0.5, 0.6) is 5.75 Å². The van der Waals surface area contributed by atoms with E-state index >= 15 is 0 Å². The van der Waals surface area contributed by atoms with Gasteiger partial charge in [-0.05, 0) is 56.4 Å². The van der Waals surface area contributed by atoms with E-state index in [1.54, 1.807) is 24.3 Å². The van der Waals surface area contributed by atoms with Gasteiger partial charge in [-0.15, -0.1) is 0 Å². The highest BCUT2D eigenvalue weighted by molar-refractivity contribution is 7.89. The van der Waals surface area contributed by atoms with Gasteiger partial charge in [-0.2, -0.15) is 9.82 Å². The highest BCUT2D eigenvalue weighted by Crippen LogP contribution is 2.40. The lowest BCUT2D eigenvalue weighted by Crippen LogP contribution is -2.51. The first-order valence-electron chi connectivity index (χ1n) is 7.74. The molecule has 4 rings (SSSR count). The van der Waals surface area contributed by atoms with E-state index < -0.39 is 15.6 Å². The second kappa shape index (κ2) is 5.31. The van der Waals surface area contributed by atoms with Gasteiger partial charge in [0.15, 0.2) is 0 Å². The van der Waals surface area contributed by atoms with Crippen LogP contribution in [0, 0.1) is 0 Å². The number of benzene rings is 1. The highest BCUT2D eigenvalue weighted by Gasteiger charge is 2.44. The Bertz CT molecular complexity index is 779. The van der Waals surface area contributed by atoms with Gasteiger partial charge in [-0.25, -0.2) is 13.4 Å². The van der Waals surface area contributed by atoms with Crippen molar-refractivity contribution < 1.29 is 13.2 Å². The number of aromatic amines is 1. The zero-order valence-corrected chi connectivity index (χ0v) is 13.3. The summed E-state index contributed by atoms with van der Waals surface area (Å²) in [6.07, 6.45) is 6.21. The summed E-state index contributed by atoms with van der Waals surface area (Å²) in [6, 6.07) is 6.56. The predicted octanol–water partition coefficient (Wildman–Crippen LogP) is 1.70. The van der Waals surface area contributed by atoms with E-state index in [1.807, 2.05) is 0 Å². The fourth-order valence-corrected chi connectivity index (χ4v) is 4.17. The number of ether oxygens (including phenoxy) is 1. The Morgan fingerprint density at radius 3 is 2.48 bits per heavy atom. The maximum atomic E-state index is 12.7. The van der Waals surface area contributed by atoms with Gasteiger partial charge >= 0.3 is 0 Å². The van der Waals surface area contributed by atoms with E-state index in [9.17, 15) is 8.42 Å². The van der Waals surface area contributed by atoms with E-state index in [2.05, 4.69) is 19.9 Å². The minimum Gasteiger partial charge on any atom is -0.490 e. The molecule has 0 aliphatic heterocycles. The molecule has 0 amide bonds. The van der Waals surface area contributed by atoms with Gasteiger partial charge in [0.1, 0.15) is 17.9 Å². The van der Waals surface area contributed by atoms with Gasteiger partial charge in [-0.3, -0.25) is 5.10 Å². The van der Waals surface area contributed by atoms with Gasteiger partial charge in [0.05, 0.1) is 16.5 Å². The number of hydrogen-bond acceptors (Lipinski definition) is 5. The molecule has 7 nitrogen and oxygen atoms in total. The molecule has 2 saturated carbocycles. The smallest absolute Gasteiger partial charge is 0.241 e. The number of aromatic nitrogens is 3. The van der Waals surface area contributed by atoms with Crippen molar-refractivity contribution in [2.45, 2.75) is 48.6 Å². The Morgan fingerprint density at radius 2 is 1.96 bits per heavy atom. The molecule has 0 spiro atoms. The molecule has 2 aliphatic carbocycles. The molecule has 122 valence electrons. The lowest BCUT2D eigenvalue weighted by Gasteiger charge is -2.39. The molecule has 1 aromatic heterocycles. The summed E-state index contributed by atoms with van der Waals surface area (Å²) in [5.41, 5.74) is -0.668. The molecule has 0 atom stereocenters. The van der Waals surface area contributed by atoms with Gasteiger partial charge in [0.25, 0.3) is 0 Å².